The van der Waals surface area contributed by atoms with E-state index in [1.165, 1.54) is 0 Å². The number of Topliss-reactive ketones (excluding diaryl/α,β-unsaturated/α-hetero) is 1. The summed E-state index contributed by atoms with van der Waals surface area (Å²) in [5.41, 5.74) is 10.6. The number of carbonyl (C=O) groups excluding carboxylic acids is 1. The van der Waals surface area contributed by atoms with Crippen LogP contribution in [0.15, 0.2) is 54.9 Å². The van der Waals surface area contributed by atoms with Crippen molar-refractivity contribution in [2.75, 3.05) is 5.73 Å². The summed E-state index contributed by atoms with van der Waals surface area (Å²) in [4.78, 5) is 25.3. The van der Waals surface area contributed by atoms with Gasteiger partial charge in [0, 0.05) is 34.6 Å². The fraction of sp³-hybridized carbons (Fsp3) is 0.217. The second kappa shape index (κ2) is 6.81. The molecule has 0 unspecified atom stereocenters. The summed E-state index contributed by atoms with van der Waals surface area (Å²) in [6, 6.07) is 13.7. The van der Waals surface area contributed by atoms with Crippen molar-refractivity contribution < 1.29 is 4.79 Å². The summed E-state index contributed by atoms with van der Waals surface area (Å²) in [6.07, 6.45) is 3.41. The number of benzene rings is 2. The average Bonchev–Trinajstić information content (AvgIpc) is 3.07. The summed E-state index contributed by atoms with van der Waals surface area (Å²) in [5.74, 6) is 1.05. The van der Waals surface area contributed by atoms with Crippen molar-refractivity contribution in [3.8, 4) is 22.5 Å². The maximum absolute atomic E-state index is 12.2. The molecule has 4 rings (SSSR count). The summed E-state index contributed by atoms with van der Waals surface area (Å²) in [7, 11) is 0. The number of hydrogen-bond donors (Lipinski definition) is 1. The summed E-state index contributed by atoms with van der Waals surface area (Å²) >= 11 is 0. The monoisotopic (exact) mass is 385 g/mol. The number of hydrogen-bond acceptors (Lipinski definition) is 5. The molecule has 6 nitrogen and oxygen atoms in total. The van der Waals surface area contributed by atoms with E-state index in [2.05, 4.69) is 41.4 Å². The molecule has 2 N–H and O–H groups in total. The minimum Gasteiger partial charge on any atom is -0.368 e. The van der Waals surface area contributed by atoms with Crippen LogP contribution in [0.25, 0.3) is 33.5 Å². The van der Waals surface area contributed by atoms with Crippen LogP contribution in [0.5, 0.6) is 0 Å². The van der Waals surface area contributed by atoms with Gasteiger partial charge in [0.1, 0.15) is 5.82 Å². The van der Waals surface area contributed by atoms with Crippen LogP contribution >= 0.6 is 0 Å². The molecular weight excluding hydrogens is 362 g/mol. The molecule has 0 spiro atoms. The third-order valence-electron chi connectivity index (χ3n) is 4.88. The van der Waals surface area contributed by atoms with Gasteiger partial charge in [-0.2, -0.15) is 0 Å². The Balaban J connectivity index is 1.98. The Bertz CT molecular complexity index is 1220. The van der Waals surface area contributed by atoms with Gasteiger partial charge in [-0.3, -0.25) is 4.79 Å². The molecule has 4 aromatic rings. The first-order chi connectivity index (χ1) is 13.8. The van der Waals surface area contributed by atoms with E-state index < -0.39 is 0 Å². The highest BCUT2D eigenvalue weighted by Gasteiger charge is 2.24. The summed E-state index contributed by atoms with van der Waals surface area (Å²) in [5, 5.41) is 0. The smallest absolute Gasteiger partial charge is 0.219 e. The number of nitrogens with zero attached hydrogens (tertiary/aromatic N) is 4. The van der Waals surface area contributed by atoms with Crippen molar-refractivity contribution in [3.63, 3.8) is 0 Å². The zero-order chi connectivity index (χ0) is 20.8. The number of rotatable bonds is 3. The number of nitrogens with two attached hydrogens (primary N) is 1. The number of ketones is 1. The minimum absolute atomic E-state index is 0.0211. The van der Waals surface area contributed by atoms with Gasteiger partial charge < -0.3 is 10.3 Å². The van der Waals surface area contributed by atoms with Gasteiger partial charge in [-0.1, -0.05) is 30.3 Å². The molecule has 146 valence electrons. The van der Waals surface area contributed by atoms with Gasteiger partial charge in [0.25, 0.3) is 0 Å². The Kier molecular flexibility index (Phi) is 4.42. The molecule has 0 saturated heterocycles. The topological polar surface area (TPSA) is 86.7 Å². The van der Waals surface area contributed by atoms with Gasteiger partial charge in [-0.25, -0.2) is 15.0 Å². The highest BCUT2D eigenvalue weighted by atomic mass is 16.1. The zero-order valence-electron chi connectivity index (χ0n) is 17.0. The third-order valence-corrected chi connectivity index (χ3v) is 4.88. The Morgan fingerprint density at radius 2 is 1.69 bits per heavy atom. The summed E-state index contributed by atoms with van der Waals surface area (Å²) in [6.45, 7) is 7.99. The Morgan fingerprint density at radius 3 is 2.34 bits per heavy atom. The molecule has 0 amide bonds. The molecule has 0 atom stereocenters. The number of aromatic nitrogens is 4. The second-order valence-electron chi connectivity index (χ2n) is 8.08. The lowest BCUT2D eigenvalue weighted by atomic mass is 10.0. The van der Waals surface area contributed by atoms with Crippen molar-refractivity contribution in [2.24, 2.45) is 0 Å². The number of nitrogen functional groups attached to an aromatic ring is 1. The number of fused-ring (bicyclic) bond motifs is 1. The van der Waals surface area contributed by atoms with Gasteiger partial charge in [0.15, 0.2) is 5.78 Å². The van der Waals surface area contributed by atoms with Crippen LogP contribution in [0.1, 0.15) is 38.1 Å². The number of carbonyl (C=O) groups is 1. The van der Waals surface area contributed by atoms with E-state index >= 15 is 0 Å². The highest BCUT2D eigenvalue weighted by molar-refractivity contribution is 6.01. The number of imidazole rings is 1. The van der Waals surface area contributed by atoms with Crippen LogP contribution in [0.3, 0.4) is 0 Å². The van der Waals surface area contributed by atoms with Crippen molar-refractivity contribution in [2.45, 2.75) is 33.2 Å². The van der Waals surface area contributed by atoms with E-state index in [0.29, 0.717) is 5.56 Å². The van der Waals surface area contributed by atoms with Gasteiger partial charge >= 0.3 is 0 Å². The van der Waals surface area contributed by atoms with E-state index in [9.17, 15) is 4.79 Å². The van der Waals surface area contributed by atoms with Crippen LogP contribution < -0.4 is 5.73 Å². The Morgan fingerprint density at radius 1 is 1.00 bits per heavy atom. The molecule has 0 aliphatic carbocycles. The van der Waals surface area contributed by atoms with Crippen molar-refractivity contribution in [3.05, 3.63) is 60.4 Å². The lowest BCUT2D eigenvalue weighted by molar-refractivity contribution is 0.101. The molecule has 0 aliphatic rings. The lowest BCUT2D eigenvalue weighted by Crippen LogP contribution is -2.23. The standard InChI is InChI=1S/C23H23N5O/c1-14(29)17-7-5-6-8-18(17)21-27-19-11-15(16-12-25-22(24)26-13-16)9-10-20(19)28(21)23(2,3)4/h5-13H,1-4H3,(H2,24,25,26). The van der Waals surface area contributed by atoms with E-state index in [0.717, 1.165) is 33.5 Å². The molecule has 0 aliphatic heterocycles. The van der Waals surface area contributed by atoms with Crippen molar-refractivity contribution in [1.82, 2.24) is 19.5 Å². The van der Waals surface area contributed by atoms with Gasteiger partial charge in [0.2, 0.25) is 5.95 Å². The molecule has 0 fully saturated rings. The fourth-order valence-corrected chi connectivity index (χ4v) is 3.59. The van der Waals surface area contributed by atoms with Crippen LogP contribution in [-0.2, 0) is 5.54 Å². The van der Waals surface area contributed by atoms with E-state index in [1.807, 2.05) is 36.4 Å². The van der Waals surface area contributed by atoms with E-state index in [1.54, 1.807) is 19.3 Å². The first kappa shape index (κ1) is 18.8. The van der Waals surface area contributed by atoms with Gasteiger partial charge in [-0.15, -0.1) is 0 Å². The predicted molar refractivity (Wildman–Crippen MR) is 116 cm³/mol. The number of anilines is 1. The molecule has 0 radical (unpaired) electrons. The van der Waals surface area contributed by atoms with Crippen molar-refractivity contribution in [1.29, 1.82) is 0 Å². The van der Waals surface area contributed by atoms with Crippen LogP contribution in [0, 0.1) is 0 Å². The molecule has 29 heavy (non-hydrogen) atoms. The average molecular weight is 385 g/mol. The molecule has 6 heteroatoms. The lowest BCUT2D eigenvalue weighted by Gasteiger charge is -2.25. The third kappa shape index (κ3) is 3.38. The first-order valence-electron chi connectivity index (χ1n) is 9.47. The maximum Gasteiger partial charge on any atom is 0.219 e. The van der Waals surface area contributed by atoms with Gasteiger partial charge in [0.05, 0.1) is 11.0 Å². The molecule has 0 saturated carbocycles. The highest BCUT2D eigenvalue weighted by Crippen LogP contribution is 2.34. The quantitative estimate of drug-likeness (QED) is 0.517. The Labute approximate surface area is 169 Å². The molecule has 0 bridgehead atoms. The largest absolute Gasteiger partial charge is 0.368 e. The zero-order valence-corrected chi connectivity index (χ0v) is 17.0. The molecular formula is C23H23N5O. The van der Waals surface area contributed by atoms with Crippen LogP contribution in [0.4, 0.5) is 5.95 Å². The predicted octanol–water partition coefficient (Wildman–Crippen LogP) is 4.70. The second-order valence-corrected chi connectivity index (χ2v) is 8.08. The van der Waals surface area contributed by atoms with Crippen LogP contribution in [0.2, 0.25) is 0 Å². The molecule has 2 aromatic carbocycles. The van der Waals surface area contributed by atoms with Gasteiger partial charge in [-0.05, 0) is 45.4 Å². The van der Waals surface area contributed by atoms with Crippen LogP contribution in [-0.4, -0.2) is 25.3 Å². The summed E-state index contributed by atoms with van der Waals surface area (Å²) < 4.78 is 2.19. The normalized spacial score (nSPS) is 11.7. The fourth-order valence-electron chi connectivity index (χ4n) is 3.59. The minimum atomic E-state index is -0.222. The molecule has 2 aromatic heterocycles. The Hall–Kier alpha value is -3.54. The first-order valence-corrected chi connectivity index (χ1v) is 9.47. The molecule has 2 heterocycles. The van der Waals surface area contributed by atoms with E-state index in [-0.39, 0.29) is 17.3 Å². The van der Waals surface area contributed by atoms with Crippen molar-refractivity contribution >= 4 is 22.8 Å². The SMILES string of the molecule is CC(=O)c1ccccc1-c1nc2cc(-c3cnc(N)nc3)ccc2n1C(C)(C)C. The maximum atomic E-state index is 12.2. The van der Waals surface area contributed by atoms with E-state index in [4.69, 9.17) is 10.7 Å².